The molecule has 0 aliphatic carbocycles. The maximum absolute atomic E-state index is 13.7. The highest BCUT2D eigenvalue weighted by Gasteiger charge is 2.21. The number of nitrogens with one attached hydrogen (secondary N) is 1. The molecule has 0 aromatic heterocycles. The van der Waals surface area contributed by atoms with Crippen molar-refractivity contribution < 1.29 is 19.0 Å². The smallest absolute Gasteiger partial charge is 0.225 e. The molecule has 0 spiro atoms. The Morgan fingerprint density at radius 2 is 2.38 bits per heavy atom. The molecule has 1 atom stereocenters. The first-order chi connectivity index (χ1) is 10.2. The number of hydrogen-bond donors (Lipinski definition) is 2. The number of rotatable bonds is 3. The highest BCUT2D eigenvalue weighted by Crippen LogP contribution is 2.14. The van der Waals surface area contributed by atoms with Gasteiger partial charge in [-0.25, -0.2) is 4.39 Å². The van der Waals surface area contributed by atoms with Crippen molar-refractivity contribution in [1.29, 1.82) is 0 Å². The van der Waals surface area contributed by atoms with E-state index < -0.39 is 0 Å². The number of carbonyl (C=O) groups excluding carboxylic acids is 1. The number of hydrogen-bond acceptors (Lipinski definition) is 3. The summed E-state index contributed by atoms with van der Waals surface area (Å²) in [5.41, 5.74) is 0.987. The zero-order valence-electron chi connectivity index (χ0n) is 11.7. The molecule has 1 fully saturated rings. The maximum Gasteiger partial charge on any atom is 0.225 e. The Kier molecular flexibility index (Phi) is 5.73. The maximum atomic E-state index is 13.7. The lowest BCUT2D eigenvalue weighted by Gasteiger charge is -2.21. The minimum atomic E-state index is -0.384. The van der Waals surface area contributed by atoms with Gasteiger partial charge in [-0.2, -0.15) is 0 Å². The van der Waals surface area contributed by atoms with Crippen LogP contribution >= 0.6 is 0 Å². The molecular weight excluding hydrogens is 273 g/mol. The molecule has 4 nitrogen and oxygen atoms in total. The monoisotopic (exact) mass is 291 g/mol. The van der Waals surface area contributed by atoms with Gasteiger partial charge in [0, 0.05) is 24.3 Å². The minimum absolute atomic E-state index is 0.110. The summed E-state index contributed by atoms with van der Waals surface area (Å²) in [5.74, 6) is 4.57. The van der Waals surface area contributed by atoms with Crippen molar-refractivity contribution in [1.82, 2.24) is 5.32 Å². The lowest BCUT2D eigenvalue weighted by atomic mass is 10.0. The SMILES string of the molecule is O=C(NCc1cc(C#CCO)ccc1F)C1CCCOC1. The Bertz CT molecular complexity index is 556. The first kappa shape index (κ1) is 15.5. The zero-order chi connectivity index (χ0) is 15.1. The summed E-state index contributed by atoms with van der Waals surface area (Å²) >= 11 is 0. The van der Waals surface area contributed by atoms with Gasteiger partial charge < -0.3 is 15.2 Å². The Morgan fingerprint density at radius 1 is 1.52 bits per heavy atom. The molecule has 0 saturated carbocycles. The van der Waals surface area contributed by atoms with E-state index in [0.29, 0.717) is 24.3 Å². The molecule has 21 heavy (non-hydrogen) atoms. The van der Waals surface area contributed by atoms with E-state index in [1.807, 2.05) is 0 Å². The molecule has 1 heterocycles. The summed E-state index contributed by atoms with van der Waals surface area (Å²) in [6.45, 7) is 1.00. The van der Waals surface area contributed by atoms with Gasteiger partial charge in [-0.3, -0.25) is 4.79 Å². The molecule has 0 radical (unpaired) electrons. The molecule has 5 heteroatoms. The van der Waals surface area contributed by atoms with Crippen molar-refractivity contribution in [2.45, 2.75) is 19.4 Å². The molecule has 1 saturated heterocycles. The Hall–Kier alpha value is -1.90. The van der Waals surface area contributed by atoms with Crippen molar-refractivity contribution in [3.8, 4) is 11.8 Å². The average Bonchev–Trinajstić information content (AvgIpc) is 2.53. The average molecular weight is 291 g/mol. The number of aliphatic hydroxyl groups is 1. The molecule has 1 unspecified atom stereocenters. The molecule has 2 N–H and O–H groups in total. The van der Waals surface area contributed by atoms with Gasteiger partial charge in [-0.1, -0.05) is 11.8 Å². The van der Waals surface area contributed by atoms with Gasteiger partial charge in [-0.15, -0.1) is 0 Å². The minimum Gasteiger partial charge on any atom is -0.384 e. The molecule has 1 aliphatic rings. The summed E-state index contributed by atoms with van der Waals surface area (Å²) in [6, 6.07) is 4.43. The molecule has 0 bridgehead atoms. The quantitative estimate of drug-likeness (QED) is 0.823. The fraction of sp³-hybridized carbons (Fsp3) is 0.438. The third-order valence-electron chi connectivity index (χ3n) is 3.34. The predicted molar refractivity (Wildman–Crippen MR) is 75.8 cm³/mol. The lowest BCUT2D eigenvalue weighted by molar-refractivity contribution is -0.129. The number of benzene rings is 1. The number of halogens is 1. The molecule has 1 aromatic rings. The molecular formula is C16H18FNO3. The molecule has 1 aromatic carbocycles. The van der Waals surface area contributed by atoms with E-state index >= 15 is 0 Å². The van der Waals surface area contributed by atoms with Crippen LogP contribution in [0.5, 0.6) is 0 Å². The first-order valence-electron chi connectivity index (χ1n) is 6.94. The van der Waals surface area contributed by atoms with Gasteiger partial charge in [0.05, 0.1) is 12.5 Å². The van der Waals surface area contributed by atoms with Crippen LogP contribution in [0, 0.1) is 23.6 Å². The highest BCUT2D eigenvalue weighted by molar-refractivity contribution is 5.78. The summed E-state index contributed by atoms with van der Waals surface area (Å²) in [4.78, 5) is 12.0. The van der Waals surface area contributed by atoms with Crippen molar-refractivity contribution in [3.63, 3.8) is 0 Å². The summed E-state index contributed by atoms with van der Waals surface area (Å²) in [5, 5.41) is 11.4. The van der Waals surface area contributed by atoms with E-state index in [2.05, 4.69) is 17.2 Å². The molecule has 1 amide bonds. The van der Waals surface area contributed by atoms with E-state index in [0.717, 1.165) is 12.8 Å². The highest BCUT2D eigenvalue weighted by atomic mass is 19.1. The van der Waals surface area contributed by atoms with Crippen LogP contribution in [0.25, 0.3) is 0 Å². The van der Waals surface area contributed by atoms with Crippen LogP contribution in [0.2, 0.25) is 0 Å². The predicted octanol–water partition coefficient (Wildman–Crippen LogP) is 1.21. The van der Waals surface area contributed by atoms with Crippen molar-refractivity contribution in [2.24, 2.45) is 5.92 Å². The van der Waals surface area contributed by atoms with E-state index in [1.54, 1.807) is 6.07 Å². The van der Waals surface area contributed by atoms with Gasteiger partial charge in [-0.05, 0) is 31.0 Å². The molecule has 112 valence electrons. The second-order valence-electron chi connectivity index (χ2n) is 4.90. The van der Waals surface area contributed by atoms with Crippen LogP contribution in [0.1, 0.15) is 24.0 Å². The third-order valence-corrected chi connectivity index (χ3v) is 3.34. The fourth-order valence-electron chi connectivity index (χ4n) is 2.20. The first-order valence-corrected chi connectivity index (χ1v) is 6.94. The van der Waals surface area contributed by atoms with Crippen LogP contribution in [-0.2, 0) is 16.1 Å². The van der Waals surface area contributed by atoms with E-state index in [9.17, 15) is 9.18 Å². The summed E-state index contributed by atoms with van der Waals surface area (Å²) in [6.07, 6.45) is 1.68. The van der Waals surface area contributed by atoms with Crippen LogP contribution in [0.15, 0.2) is 18.2 Å². The van der Waals surface area contributed by atoms with E-state index in [-0.39, 0.29) is 30.8 Å². The zero-order valence-corrected chi connectivity index (χ0v) is 11.7. The van der Waals surface area contributed by atoms with Crippen LogP contribution in [0.4, 0.5) is 4.39 Å². The summed E-state index contributed by atoms with van der Waals surface area (Å²) < 4.78 is 19.0. The third kappa shape index (κ3) is 4.55. The van der Waals surface area contributed by atoms with Crippen LogP contribution < -0.4 is 5.32 Å². The second kappa shape index (κ2) is 7.77. The largest absolute Gasteiger partial charge is 0.384 e. The van der Waals surface area contributed by atoms with Gasteiger partial charge in [0.2, 0.25) is 5.91 Å². The fourth-order valence-corrected chi connectivity index (χ4v) is 2.20. The van der Waals surface area contributed by atoms with Gasteiger partial charge in [0.15, 0.2) is 0 Å². The van der Waals surface area contributed by atoms with Crippen molar-refractivity contribution in [2.75, 3.05) is 19.8 Å². The van der Waals surface area contributed by atoms with Crippen molar-refractivity contribution >= 4 is 5.91 Å². The number of aliphatic hydroxyl groups excluding tert-OH is 1. The topological polar surface area (TPSA) is 58.6 Å². The van der Waals surface area contributed by atoms with Crippen molar-refractivity contribution in [3.05, 3.63) is 35.1 Å². The number of ether oxygens (including phenoxy) is 1. The Balaban J connectivity index is 1.96. The van der Waals surface area contributed by atoms with Gasteiger partial charge in [0.25, 0.3) is 0 Å². The Labute approximate surface area is 123 Å². The standard InChI is InChI=1S/C16H18FNO3/c17-15-6-5-12(3-1-7-19)9-14(15)10-18-16(20)13-4-2-8-21-11-13/h5-6,9,13,19H,2,4,7-8,10-11H2,(H,18,20). The van der Waals surface area contributed by atoms with Crippen LogP contribution in [0.3, 0.4) is 0 Å². The summed E-state index contributed by atoms with van der Waals surface area (Å²) in [7, 11) is 0. The number of carbonyl (C=O) groups is 1. The van der Waals surface area contributed by atoms with Gasteiger partial charge in [0.1, 0.15) is 12.4 Å². The van der Waals surface area contributed by atoms with Gasteiger partial charge >= 0.3 is 0 Å². The van der Waals surface area contributed by atoms with E-state index in [4.69, 9.17) is 9.84 Å². The lowest BCUT2D eigenvalue weighted by Crippen LogP contribution is -2.35. The molecule has 1 aliphatic heterocycles. The normalized spacial score (nSPS) is 17.7. The molecule has 2 rings (SSSR count). The van der Waals surface area contributed by atoms with E-state index in [1.165, 1.54) is 12.1 Å². The van der Waals surface area contributed by atoms with Crippen LogP contribution in [-0.4, -0.2) is 30.8 Å². The number of amides is 1. The second-order valence-corrected chi connectivity index (χ2v) is 4.90. The Morgan fingerprint density at radius 3 is 3.10 bits per heavy atom.